The van der Waals surface area contributed by atoms with E-state index in [2.05, 4.69) is 58.2 Å². The summed E-state index contributed by atoms with van der Waals surface area (Å²) in [6.07, 6.45) is 8.48. The van der Waals surface area contributed by atoms with Crippen molar-refractivity contribution in [1.29, 1.82) is 5.41 Å². The van der Waals surface area contributed by atoms with Crippen LogP contribution in [0.2, 0.25) is 0 Å². The number of nitrogens with one attached hydrogen (secondary N) is 11. The van der Waals surface area contributed by atoms with E-state index >= 15 is 0 Å². The predicted molar refractivity (Wildman–Crippen MR) is 325 cm³/mol. The van der Waals surface area contributed by atoms with E-state index in [4.69, 9.17) is 51.3 Å². The quantitative estimate of drug-likeness (QED) is 0.0125. The molecule has 1 fully saturated rings. The summed E-state index contributed by atoms with van der Waals surface area (Å²) < 4.78 is 0. The van der Waals surface area contributed by atoms with Gasteiger partial charge in [-0.25, -0.2) is 0 Å². The highest BCUT2D eigenvalue weighted by atomic mass is 16.3. The minimum absolute atomic E-state index is 0.0345. The van der Waals surface area contributed by atoms with Gasteiger partial charge in [0.05, 0.1) is 18.7 Å². The lowest BCUT2D eigenvalue weighted by atomic mass is 10.0. The number of rotatable bonds is 44. The highest BCUT2D eigenvalue weighted by Crippen LogP contribution is 2.21. The van der Waals surface area contributed by atoms with E-state index in [1.807, 2.05) is 0 Å². The maximum Gasteiger partial charge on any atom is 0.268 e. The summed E-state index contributed by atoms with van der Waals surface area (Å²) in [5, 5.41) is 44.1. The second kappa shape index (κ2) is 43.2. The Hall–Kier alpha value is -7.46. The lowest BCUT2D eigenvalue weighted by Gasteiger charge is -2.30. The zero-order chi connectivity index (χ0) is 64.7. The monoisotopic (exact) mass is 1230 g/mol. The molecule has 1 aliphatic rings. The zero-order valence-corrected chi connectivity index (χ0v) is 50.2. The van der Waals surface area contributed by atoms with Crippen LogP contribution in [0.3, 0.4) is 0 Å². The molecule has 0 aromatic carbocycles. The molecule has 0 bridgehead atoms. The van der Waals surface area contributed by atoms with Gasteiger partial charge in [0.25, 0.3) is 5.91 Å². The average Bonchev–Trinajstić information content (AvgIpc) is 2.73. The molecule has 0 radical (unpaired) electrons. The predicted octanol–water partition coefficient (Wildman–Crippen LogP) is -6.84. The Labute approximate surface area is 508 Å². The number of nitrogens with two attached hydrogens (primary N) is 8. The lowest BCUT2D eigenvalue weighted by Crippen LogP contribution is -2.60. The van der Waals surface area contributed by atoms with E-state index in [1.54, 1.807) is 12.1 Å². The molecule has 1 aliphatic heterocycles. The number of carbonyl (C=O) groups is 10. The van der Waals surface area contributed by atoms with Crippen LogP contribution in [0, 0.1) is 5.41 Å². The number of aliphatic hydroxyl groups excluding tert-OH is 1. The molecule has 9 atom stereocenters. The summed E-state index contributed by atoms with van der Waals surface area (Å²) in [5.74, 6) is -7.90. The van der Waals surface area contributed by atoms with E-state index in [1.165, 1.54) is 30.3 Å². The van der Waals surface area contributed by atoms with Gasteiger partial charge in [0, 0.05) is 45.0 Å². The first-order valence-corrected chi connectivity index (χ1v) is 30.0. The standard InChI is InChI=1S/C55H99N21O11/c1-34(69-53(86)45(43(77)32-61)75-47(80)36(62)13-2-5-21-56)46(79)68-33-44(78)70-40(16-10-25-60)54(87)76-30-12-18-42(76)52(85)74-41(31-35-19-28-65-29-20-35)51(84)73-38(15-4-7-23-58)49(82)72-39(17-11-27-67-55(63)64)50(83)71-37(14-3-6-22-57)48(81)66-26-9-8-24-59/h17,19-20,28-29,34,36-38,40-43,45,77H,2-16,18,21-27,30-33,56-62H2,1H3,(H,66,81)(H,68,79)(H,69,86)(H,70,78)(H,71,83)(H,72,82)(H,73,84)(H,74,85)(H,75,80)(H4,63,64,67)/b39-17-/t34?,36?,37-,38-,40+,41?,42-,43-,45-/m0/s1. The van der Waals surface area contributed by atoms with Gasteiger partial charge in [0.15, 0.2) is 5.96 Å². The third-order valence-electron chi connectivity index (χ3n) is 14.1. The molecule has 87 heavy (non-hydrogen) atoms. The van der Waals surface area contributed by atoms with Gasteiger partial charge in [-0.2, -0.15) is 0 Å². The van der Waals surface area contributed by atoms with Crippen molar-refractivity contribution in [2.24, 2.45) is 45.9 Å². The van der Waals surface area contributed by atoms with Crippen LogP contribution in [-0.4, -0.2) is 200 Å². The Bertz CT molecular complexity index is 2370. The highest BCUT2D eigenvalue weighted by Gasteiger charge is 2.40. The summed E-state index contributed by atoms with van der Waals surface area (Å²) >= 11 is 0. The molecular weight excluding hydrogens is 1130 g/mol. The van der Waals surface area contributed by atoms with E-state index in [0.29, 0.717) is 89.5 Å². The van der Waals surface area contributed by atoms with Crippen LogP contribution in [0.15, 0.2) is 36.3 Å². The Morgan fingerprint density at radius 1 is 0.644 bits per heavy atom. The van der Waals surface area contributed by atoms with Gasteiger partial charge in [-0.3, -0.25) is 58.3 Å². The van der Waals surface area contributed by atoms with Crippen LogP contribution < -0.4 is 99.0 Å². The number of aliphatic hydroxyl groups is 1. The van der Waals surface area contributed by atoms with Crippen molar-refractivity contribution in [2.75, 3.05) is 65.4 Å². The van der Waals surface area contributed by atoms with Gasteiger partial charge in [0.2, 0.25) is 53.2 Å². The molecule has 2 rings (SSSR count). The molecule has 2 heterocycles. The molecular formula is C55H99N21O11. The number of pyridine rings is 1. The number of hydrogen-bond donors (Lipinski definition) is 20. The Balaban J connectivity index is 2.36. The number of guanidine groups is 1. The number of amides is 10. The molecule has 1 aromatic rings. The fourth-order valence-electron chi connectivity index (χ4n) is 9.10. The van der Waals surface area contributed by atoms with Gasteiger partial charge >= 0.3 is 0 Å². The van der Waals surface area contributed by atoms with Crippen LogP contribution in [0.1, 0.15) is 115 Å². The van der Waals surface area contributed by atoms with Gasteiger partial charge in [-0.1, -0.05) is 12.5 Å². The average molecular weight is 1230 g/mol. The summed E-state index contributed by atoms with van der Waals surface area (Å²) in [4.78, 5) is 143. The maximum atomic E-state index is 14.6. The first-order valence-electron chi connectivity index (χ1n) is 30.0. The first kappa shape index (κ1) is 75.6. The molecule has 0 saturated carbocycles. The van der Waals surface area contributed by atoms with Crippen molar-refractivity contribution in [1.82, 2.24) is 63.1 Å². The van der Waals surface area contributed by atoms with Crippen molar-refractivity contribution in [2.45, 2.75) is 171 Å². The number of unbranched alkanes of at least 4 members (excludes halogenated alkanes) is 4. The minimum atomic E-state index is -1.57. The molecule has 10 amide bonds. The van der Waals surface area contributed by atoms with E-state index < -0.39 is 127 Å². The Kier molecular flexibility index (Phi) is 37.6. The molecule has 1 aromatic heterocycles. The minimum Gasteiger partial charge on any atom is -0.389 e. The molecule has 0 spiro atoms. The summed E-state index contributed by atoms with van der Waals surface area (Å²) in [7, 11) is 0. The van der Waals surface area contributed by atoms with Crippen LogP contribution in [-0.2, 0) is 54.4 Å². The second-order valence-electron chi connectivity index (χ2n) is 21.2. The fraction of sp³-hybridized carbons (Fsp3) is 0.673. The van der Waals surface area contributed by atoms with Crippen LogP contribution >= 0.6 is 0 Å². The van der Waals surface area contributed by atoms with E-state index in [0.717, 1.165) is 0 Å². The van der Waals surface area contributed by atoms with Crippen molar-refractivity contribution in [3.63, 3.8) is 0 Å². The summed E-state index contributed by atoms with van der Waals surface area (Å²) in [6, 6.07) is -6.68. The third kappa shape index (κ3) is 29.2. The normalized spacial score (nSPS) is 15.8. The number of likely N-dealkylation sites (tertiary alicyclic amines) is 1. The zero-order valence-electron chi connectivity index (χ0n) is 50.2. The lowest BCUT2D eigenvalue weighted by molar-refractivity contribution is -0.142. The number of aromatic nitrogens is 1. The van der Waals surface area contributed by atoms with Gasteiger partial charge in [0.1, 0.15) is 48.0 Å². The molecule has 490 valence electrons. The van der Waals surface area contributed by atoms with Gasteiger partial charge in [-0.05, 0) is 154 Å². The van der Waals surface area contributed by atoms with Crippen LogP contribution in [0.4, 0.5) is 0 Å². The van der Waals surface area contributed by atoms with E-state index in [9.17, 15) is 53.1 Å². The molecule has 32 nitrogen and oxygen atoms in total. The topological polar surface area (TPSA) is 559 Å². The molecule has 0 aliphatic carbocycles. The van der Waals surface area contributed by atoms with E-state index in [-0.39, 0.29) is 89.2 Å². The maximum absolute atomic E-state index is 14.6. The molecule has 32 heteroatoms. The van der Waals surface area contributed by atoms with Crippen molar-refractivity contribution in [3.05, 3.63) is 41.9 Å². The van der Waals surface area contributed by atoms with Crippen LogP contribution in [0.5, 0.6) is 0 Å². The third-order valence-corrected chi connectivity index (χ3v) is 14.1. The van der Waals surface area contributed by atoms with Crippen LogP contribution in [0.25, 0.3) is 0 Å². The second-order valence-corrected chi connectivity index (χ2v) is 21.2. The molecule has 1 saturated heterocycles. The number of nitrogens with zero attached hydrogens (tertiary/aromatic N) is 2. The van der Waals surface area contributed by atoms with Crippen molar-refractivity contribution >= 4 is 65.0 Å². The molecule has 28 N–H and O–H groups in total. The largest absolute Gasteiger partial charge is 0.389 e. The number of hydrogen-bond acceptors (Lipinski definition) is 20. The van der Waals surface area contributed by atoms with Gasteiger partial charge in [-0.15, -0.1) is 0 Å². The number of carbonyl (C=O) groups excluding carboxylic acids is 10. The summed E-state index contributed by atoms with van der Waals surface area (Å²) in [6.45, 7) is 2.28. The first-order chi connectivity index (χ1) is 41.7. The van der Waals surface area contributed by atoms with Crippen molar-refractivity contribution < 1.29 is 53.1 Å². The Morgan fingerprint density at radius 2 is 1.24 bits per heavy atom. The SMILES string of the molecule is CC(NC(=O)[C@@H](NC(=O)C(N)CCCCN)[C@@H](O)CN)C(=O)NCC(=O)N[C@H](CCCN)C(=O)N1CCC[C@H]1C(=O)NC(Cc1ccncc1)C(=O)N[C@@H](CCCCN)C(=O)N/C(=C\CCNC(=N)N)C(=O)N[C@@H](CCCCN)C(=O)NCCCCN. The highest BCUT2D eigenvalue weighted by molar-refractivity contribution is 6.02. The molecule has 3 unspecified atom stereocenters. The summed E-state index contributed by atoms with van der Waals surface area (Å²) in [5.41, 5.74) is 45.8. The fourth-order valence-corrected chi connectivity index (χ4v) is 9.10. The van der Waals surface area contributed by atoms with Gasteiger partial charge < -0.3 is 109 Å². The Morgan fingerprint density at radius 3 is 1.85 bits per heavy atom. The van der Waals surface area contributed by atoms with Crippen molar-refractivity contribution in [3.8, 4) is 0 Å². The smallest absolute Gasteiger partial charge is 0.268 e.